The van der Waals surface area contributed by atoms with E-state index in [0.29, 0.717) is 11.1 Å². The lowest BCUT2D eigenvalue weighted by atomic mass is 10.1. The zero-order chi connectivity index (χ0) is 14.6. The number of nitrogens with zero attached hydrogens (tertiary/aromatic N) is 1. The Bertz CT molecular complexity index is 764. The van der Waals surface area contributed by atoms with Gasteiger partial charge in [0.05, 0.1) is 11.6 Å². The summed E-state index contributed by atoms with van der Waals surface area (Å²) in [5.74, 6) is -0.300. The first kappa shape index (κ1) is 14.1. The van der Waals surface area contributed by atoms with Gasteiger partial charge in [0.15, 0.2) is 0 Å². The van der Waals surface area contributed by atoms with Gasteiger partial charge in [0, 0.05) is 6.54 Å². The molecule has 0 fully saturated rings. The zero-order valence-corrected chi connectivity index (χ0v) is 11.3. The molecule has 0 unspecified atom stereocenters. The maximum absolute atomic E-state index is 12.0. The van der Waals surface area contributed by atoms with Crippen LogP contribution in [0.4, 0.5) is 0 Å². The van der Waals surface area contributed by atoms with Gasteiger partial charge < -0.3 is 5.11 Å². The number of para-hydroxylation sites is 1. The minimum absolute atomic E-state index is 0.0478. The Hall–Kier alpha value is -2.36. The predicted molar refractivity (Wildman–Crippen MR) is 73.3 cm³/mol. The monoisotopic (exact) mass is 288 g/mol. The van der Waals surface area contributed by atoms with Crippen LogP contribution in [0.15, 0.2) is 53.4 Å². The molecule has 6 heteroatoms. The lowest BCUT2D eigenvalue weighted by molar-refractivity contribution is 0.458. The van der Waals surface area contributed by atoms with Crippen molar-refractivity contribution in [1.82, 2.24) is 4.72 Å². The van der Waals surface area contributed by atoms with Crippen molar-refractivity contribution in [3.63, 3.8) is 0 Å². The normalized spacial score (nSPS) is 10.9. The number of nitriles is 1. The second-order valence-electron chi connectivity index (χ2n) is 4.10. The summed E-state index contributed by atoms with van der Waals surface area (Å²) in [6.07, 6.45) is 0. The first-order valence-corrected chi connectivity index (χ1v) is 7.28. The van der Waals surface area contributed by atoms with E-state index in [2.05, 4.69) is 4.72 Å². The van der Waals surface area contributed by atoms with Gasteiger partial charge >= 0.3 is 0 Å². The Morgan fingerprint density at radius 3 is 2.60 bits per heavy atom. The van der Waals surface area contributed by atoms with Crippen LogP contribution in [0.3, 0.4) is 0 Å². The van der Waals surface area contributed by atoms with Gasteiger partial charge in [-0.2, -0.15) is 5.26 Å². The van der Waals surface area contributed by atoms with Crippen LogP contribution in [0.1, 0.15) is 11.1 Å². The fraction of sp³-hybridized carbons (Fsp3) is 0.0714. The van der Waals surface area contributed by atoms with Crippen molar-refractivity contribution in [3.8, 4) is 11.8 Å². The highest BCUT2D eigenvalue weighted by atomic mass is 32.2. The van der Waals surface area contributed by atoms with Gasteiger partial charge in [-0.25, -0.2) is 13.1 Å². The third-order valence-electron chi connectivity index (χ3n) is 2.68. The Kier molecular flexibility index (Phi) is 4.03. The van der Waals surface area contributed by atoms with E-state index >= 15 is 0 Å². The molecule has 0 aromatic heterocycles. The maximum Gasteiger partial charge on any atom is 0.244 e. The second kappa shape index (κ2) is 5.74. The highest BCUT2D eigenvalue weighted by Gasteiger charge is 2.17. The summed E-state index contributed by atoms with van der Waals surface area (Å²) >= 11 is 0. The molecule has 0 saturated heterocycles. The molecule has 102 valence electrons. The minimum atomic E-state index is -3.79. The third-order valence-corrected chi connectivity index (χ3v) is 4.13. The smallest absolute Gasteiger partial charge is 0.244 e. The molecule has 0 amide bonds. The first-order valence-electron chi connectivity index (χ1n) is 5.79. The molecule has 2 aromatic carbocycles. The van der Waals surface area contributed by atoms with E-state index in [9.17, 15) is 13.5 Å². The van der Waals surface area contributed by atoms with Crippen molar-refractivity contribution >= 4 is 10.0 Å². The van der Waals surface area contributed by atoms with E-state index in [4.69, 9.17) is 5.26 Å². The summed E-state index contributed by atoms with van der Waals surface area (Å²) in [4.78, 5) is -0.170. The summed E-state index contributed by atoms with van der Waals surface area (Å²) in [5, 5.41) is 18.3. The van der Waals surface area contributed by atoms with Crippen LogP contribution in [0.2, 0.25) is 0 Å². The van der Waals surface area contributed by atoms with E-state index in [1.165, 1.54) is 18.2 Å². The van der Waals surface area contributed by atoms with E-state index in [0.717, 1.165) is 0 Å². The van der Waals surface area contributed by atoms with E-state index in [-0.39, 0.29) is 17.2 Å². The zero-order valence-electron chi connectivity index (χ0n) is 10.4. The van der Waals surface area contributed by atoms with Crippen LogP contribution in [-0.2, 0) is 16.6 Å². The third kappa shape index (κ3) is 3.15. The highest BCUT2D eigenvalue weighted by molar-refractivity contribution is 7.89. The van der Waals surface area contributed by atoms with Gasteiger partial charge in [-0.05, 0) is 29.8 Å². The number of hydrogen-bond acceptors (Lipinski definition) is 4. The van der Waals surface area contributed by atoms with Crippen LogP contribution in [0.5, 0.6) is 5.75 Å². The van der Waals surface area contributed by atoms with Gasteiger partial charge in [0.25, 0.3) is 0 Å². The highest BCUT2D eigenvalue weighted by Crippen LogP contribution is 2.21. The molecule has 0 bridgehead atoms. The van der Waals surface area contributed by atoms with Gasteiger partial charge in [-0.3, -0.25) is 0 Å². The van der Waals surface area contributed by atoms with Gasteiger partial charge in [-0.15, -0.1) is 0 Å². The molecule has 0 heterocycles. The molecule has 0 saturated carbocycles. The van der Waals surface area contributed by atoms with Crippen LogP contribution in [0, 0.1) is 11.3 Å². The lowest BCUT2D eigenvalue weighted by Gasteiger charge is -2.08. The minimum Gasteiger partial charge on any atom is -0.507 e. The number of sulfonamides is 1. The number of nitrogens with one attached hydrogen (secondary N) is 1. The maximum atomic E-state index is 12.0. The van der Waals surface area contributed by atoms with Gasteiger partial charge in [-0.1, -0.05) is 24.3 Å². The molecule has 0 aliphatic heterocycles. The van der Waals surface area contributed by atoms with Crippen molar-refractivity contribution < 1.29 is 13.5 Å². The van der Waals surface area contributed by atoms with E-state index in [1.807, 2.05) is 6.07 Å². The Morgan fingerprint density at radius 2 is 1.90 bits per heavy atom. The second-order valence-corrected chi connectivity index (χ2v) is 5.84. The quantitative estimate of drug-likeness (QED) is 0.896. The Labute approximate surface area is 117 Å². The fourth-order valence-electron chi connectivity index (χ4n) is 1.69. The predicted octanol–water partition coefficient (Wildman–Crippen LogP) is 1.74. The summed E-state index contributed by atoms with van der Waals surface area (Å²) in [7, 11) is -3.79. The number of phenolic OH excluding ortho intramolecular Hbond substituents is 1. The number of phenols is 1. The summed E-state index contributed by atoms with van der Waals surface area (Å²) in [6, 6.07) is 14.3. The van der Waals surface area contributed by atoms with Crippen molar-refractivity contribution in [2.45, 2.75) is 11.4 Å². The average molecular weight is 288 g/mol. The van der Waals surface area contributed by atoms with E-state index in [1.54, 1.807) is 30.3 Å². The molecule has 0 aliphatic carbocycles. The first-order chi connectivity index (χ1) is 9.53. The van der Waals surface area contributed by atoms with Gasteiger partial charge in [0.2, 0.25) is 10.0 Å². The van der Waals surface area contributed by atoms with Crippen molar-refractivity contribution in [1.29, 1.82) is 5.26 Å². The number of hydrogen-bond donors (Lipinski definition) is 2. The molecule has 2 aromatic rings. The number of rotatable bonds is 4. The summed E-state index contributed by atoms with van der Waals surface area (Å²) < 4.78 is 26.5. The topological polar surface area (TPSA) is 90.2 Å². The molecule has 0 spiro atoms. The van der Waals surface area contributed by atoms with Crippen molar-refractivity contribution in [3.05, 3.63) is 59.7 Å². The van der Waals surface area contributed by atoms with Crippen LogP contribution >= 0.6 is 0 Å². The molecule has 20 heavy (non-hydrogen) atoms. The molecule has 0 radical (unpaired) electrons. The van der Waals surface area contributed by atoms with Crippen LogP contribution in [-0.4, -0.2) is 13.5 Å². The fourth-order valence-corrected chi connectivity index (χ4v) is 2.80. The summed E-state index contributed by atoms with van der Waals surface area (Å²) in [6.45, 7) is 0.0478. The van der Waals surface area contributed by atoms with Crippen molar-refractivity contribution in [2.24, 2.45) is 0 Å². The van der Waals surface area contributed by atoms with Crippen LogP contribution < -0.4 is 4.72 Å². The van der Waals surface area contributed by atoms with Gasteiger partial charge in [0.1, 0.15) is 10.6 Å². The van der Waals surface area contributed by atoms with Crippen molar-refractivity contribution in [2.75, 3.05) is 0 Å². The molecule has 2 rings (SSSR count). The average Bonchev–Trinajstić information content (AvgIpc) is 2.46. The molecular formula is C14H12N2O3S. The molecule has 5 nitrogen and oxygen atoms in total. The molecule has 0 atom stereocenters. The van der Waals surface area contributed by atoms with Crippen LogP contribution in [0.25, 0.3) is 0 Å². The number of benzene rings is 2. The molecular weight excluding hydrogens is 276 g/mol. The molecule has 0 aliphatic rings. The number of aromatic hydroxyl groups is 1. The Morgan fingerprint density at radius 1 is 1.15 bits per heavy atom. The lowest BCUT2D eigenvalue weighted by Crippen LogP contribution is -2.23. The standard InChI is InChI=1S/C14H12N2O3S/c15-9-11-4-3-5-12(8-11)10-16-20(18,19)14-7-2-1-6-13(14)17/h1-8,16-17H,10H2. The largest absolute Gasteiger partial charge is 0.507 e. The molecule has 2 N–H and O–H groups in total. The van der Waals surface area contributed by atoms with E-state index < -0.39 is 10.0 Å². The summed E-state index contributed by atoms with van der Waals surface area (Å²) in [5.41, 5.74) is 1.13. The SMILES string of the molecule is N#Cc1cccc(CNS(=O)(=O)c2ccccc2O)c1. The Balaban J connectivity index is 2.18.